The molecule has 1 aliphatic heterocycles. The first-order chi connectivity index (χ1) is 5.38. The van der Waals surface area contributed by atoms with Gasteiger partial charge in [0.2, 0.25) is 0 Å². The van der Waals surface area contributed by atoms with Crippen molar-refractivity contribution in [1.82, 2.24) is 4.90 Å². The molecule has 0 amide bonds. The monoisotopic (exact) mass is 157 g/mol. The van der Waals surface area contributed by atoms with Crippen molar-refractivity contribution in [2.75, 3.05) is 26.3 Å². The summed E-state index contributed by atoms with van der Waals surface area (Å²) in [6.45, 7) is 3.68. The second kappa shape index (κ2) is 3.09. The summed E-state index contributed by atoms with van der Waals surface area (Å²) in [4.78, 5) is 2.34. The van der Waals surface area contributed by atoms with E-state index in [1.54, 1.807) is 0 Å². The SMILES string of the molecule is OC1CCC1N1CCOCC1. The standard InChI is InChI=1S/C8H15NO2/c10-8-2-1-7(8)9-3-5-11-6-4-9/h7-8,10H,1-6H2. The number of rotatable bonds is 1. The summed E-state index contributed by atoms with van der Waals surface area (Å²) < 4.78 is 5.23. The van der Waals surface area contributed by atoms with Gasteiger partial charge in [-0.2, -0.15) is 0 Å². The third-order valence-corrected chi connectivity index (χ3v) is 2.72. The van der Waals surface area contributed by atoms with Crippen LogP contribution in [0.5, 0.6) is 0 Å². The number of hydrogen-bond acceptors (Lipinski definition) is 3. The van der Waals surface area contributed by atoms with Crippen LogP contribution in [0.3, 0.4) is 0 Å². The molecule has 0 radical (unpaired) electrons. The largest absolute Gasteiger partial charge is 0.391 e. The molecule has 2 atom stereocenters. The minimum absolute atomic E-state index is 0.0619. The van der Waals surface area contributed by atoms with Gasteiger partial charge >= 0.3 is 0 Å². The predicted octanol–water partition coefficient (Wildman–Crippen LogP) is -0.158. The van der Waals surface area contributed by atoms with E-state index in [1.807, 2.05) is 0 Å². The lowest BCUT2D eigenvalue weighted by Gasteiger charge is -2.43. The zero-order chi connectivity index (χ0) is 7.68. The van der Waals surface area contributed by atoms with Crippen molar-refractivity contribution in [3.8, 4) is 0 Å². The lowest BCUT2D eigenvalue weighted by atomic mass is 9.87. The summed E-state index contributed by atoms with van der Waals surface area (Å²) in [5, 5.41) is 9.38. The van der Waals surface area contributed by atoms with E-state index in [1.165, 1.54) is 6.42 Å². The minimum atomic E-state index is -0.0619. The van der Waals surface area contributed by atoms with Gasteiger partial charge in [-0.3, -0.25) is 4.90 Å². The van der Waals surface area contributed by atoms with Crippen molar-refractivity contribution in [3.63, 3.8) is 0 Å². The van der Waals surface area contributed by atoms with E-state index in [4.69, 9.17) is 4.74 Å². The van der Waals surface area contributed by atoms with Crippen LogP contribution in [-0.4, -0.2) is 48.5 Å². The highest BCUT2D eigenvalue weighted by molar-refractivity contribution is 4.89. The van der Waals surface area contributed by atoms with Gasteiger partial charge in [-0.25, -0.2) is 0 Å². The van der Waals surface area contributed by atoms with E-state index in [2.05, 4.69) is 4.90 Å². The highest BCUT2D eigenvalue weighted by atomic mass is 16.5. The average molecular weight is 157 g/mol. The second-order valence-corrected chi connectivity index (χ2v) is 3.36. The van der Waals surface area contributed by atoms with Gasteiger partial charge in [-0.15, -0.1) is 0 Å². The zero-order valence-corrected chi connectivity index (χ0v) is 6.70. The molecule has 0 aromatic carbocycles. The number of nitrogens with zero attached hydrogens (tertiary/aromatic N) is 1. The van der Waals surface area contributed by atoms with E-state index >= 15 is 0 Å². The second-order valence-electron chi connectivity index (χ2n) is 3.36. The Morgan fingerprint density at radius 2 is 1.91 bits per heavy atom. The molecule has 0 aromatic heterocycles. The minimum Gasteiger partial charge on any atom is -0.391 e. The van der Waals surface area contributed by atoms with Crippen LogP contribution in [0.4, 0.5) is 0 Å². The Hall–Kier alpha value is -0.120. The molecule has 1 N–H and O–H groups in total. The van der Waals surface area contributed by atoms with Crippen LogP contribution in [0.15, 0.2) is 0 Å². The van der Waals surface area contributed by atoms with E-state index in [0.29, 0.717) is 6.04 Å². The summed E-state index contributed by atoms with van der Waals surface area (Å²) in [6, 6.07) is 0.443. The molecule has 3 nitrogen and oxygen atoms in total. The molecule has 11 heavy (non-hydrogen) atoms. The number of aliphatic hydroxyl groups excluding tert-OH is 1. The Morgan fingerprint density at radius 1 is 1.18 bits per heavy atom. The van der Waals surface area contributed by atoms with Crippen LogP contribution in [0.2, 0.25) is 0 Å². The topological polar surface area (TPSA) is 32.7 Å². The Morgan fingerprint density at radius 3 is 2.36 bits per heavy atom. The quantitative estimate of drug-likeness (QED) is 0.574. The van der Waals surface area contributed by atoms with Crippen LogP contribution in [0, 0.1) is 0 Å². The van der Waals surface area contributed by atoms with Gasteiger partial charge in [-0.1, -0.05) is 0 Å². The molecule has 0 bridgehead atoms. The molecule has 3 heteroatoms. The number of hydrogen-bond donors (Lipinski definition) is 1. The molecule has 64 valence electrons. The maximum absolute atomic E-state index is 9.38. The smallest absolute Gasteiger partial charge is 0.0696 e. The van der Waals surface area contributed by atoms with E-state index in [0.717, 1.165) is 32.7 Å². The van der Waals surface area contributed by atoms with E-state index in [9.17, 15) is 5.11 Å². The third kappa shape index (κ3) is 1.41. The summed E-state index contributed by atoms with van der Waals surface area (Å²) in [5.41, 5.74) is 0. The van der Waals surface area contributed by atoms with Crippen LogP contribution in [0.25, 0.3) is 0 Å². The van der Waals surface area contributed by atoms with Gasteiger partial charge in [0, 0.05) is 19.1 Å². The molecule has 1 saturated heterocycles. The van der Waals surface area contributed by atoms with Gasteiger partial charge in [-0.05, 0) is 12.8 Å². The van der Waals surface area contributed by atoms with Gasteiger partial charge in [0.1, 0.15) is 0 Å². The Balaban J connectivity index is 1.83. The molecular weight excluding hydrogens is 142 g/mol. The molecule has 0 aromatic rings. The van der Waals surface area contributed by atoms with Gasteiger partial charge in [0.25, 0.3) is 0 Å². The molecule has 2 unspecified atom stereocenters. The van der Waals surface area contributed by atoms with Crippen molar-refractivity contribution >= 4 is 0 Å². The van der Waals surface area contributed by atoms with E-state index < -0.39 is 0 Å². The molecule has 2 rings (SSSR count). The Kier molecular flexibility index (Phi) is 2.11. The molecule has 2 fully saturated rings. The molecule has 2 aliphatic rings. The molecule has 1 aliphatic carbocycles. The Labute approximate surface area is 66.9 Å². The summed E-state index contributed by atoms with van der Waals surface area (Å²) in [7, 11) is 0. The van der Waals surface area contributed by atoms with Crippen molar-refractivity contribution in [1.29, 1.82) is 0 Å². The molecule has 1 heterocycles. The van der Waals surface area contributed by atoms with Crippen molar-refractivity contribution in [2.45, 2.75) is 25.0 Å². The number of aliphatic hydroxyl groups is 1. The summed E-state index contributed by atoms with van der Waals surface area (Å²) >= 11 is 0. The van der Waals surface area contributed by atoms with Crippen LogP contribution < -0.4 is 0 Å². The number of ether oxygens (including phenoxy) is 1. The lowest BCUT2D eigenvalue weighted by Crippen LogP contribution is -2.54. The zero-order valence-electron chi connectivity index (χ0n) is 6.70. The maximum atomic E-state index is 9.38. The van der Waals surface area contributed by atoms with Crippen molar-refractivity contribution in [2.24, 2.45) is 0 Å². The fourth-order valence-corrected chi connectivity index (χ4v) is 1.80. The van der Waals surface area contributed by atoms with Crippen molar-refractivity contribution < 1.29 is 9.84 Å². The van der Waals surface area contributed by atoms with Gasteiger partial charge < -0.3 is 9.84 Å². The lowest BCUT2D eigenvalue weighted by molar-refractivity contribution is -0.0626. The fourth-order valence-electron chi connectivity index (χ4n) is 1.80. The third-order valence-electron chi connectivity index (χ3n) is 2.72. The Bertz CT molecular complexity index is 134. The number of morpholine rings is 1. The van der Waals surface area contributed by atoms with Gasteiger partial charge in [0.15, 0.2) is 0 Å². The predicted molar refractivity (Wildman–Crippen MR) is 41.4 cm³/mol. The van der Waals surface area contributed by atoms with Crippen LogP contribution in [-0.2, 0) is 4.74 Å². The first-order valence-electron chi connectivity index (χ1n) is 4.38. The van der Waals surface area contributed by atoms with Crippen molar-refractivity contribution in [3.05, 3.63) is 0 Å². The first-order valence-corrected chi connectivity index (χ1v) is 4.38. The van der Waals surface area contributed by atoms with Crippen LogP contribution >= 0.6 is 0 Å². The molecular formula is C8H15NO2. The maximum Gasteiger partial charge on any atom is 0.0696 e. The molecule has 1 saturated carbocycles. The molecule has 0 spiro atoms. The fraction of sp³-hybridized carbons (Fsp3) is 1.00. The summed E-state index contributed by atoms with van der Waals surface area (Å²) in [5.74, 6) is 0. The van der Waals surface area contributed by atoms with E-state index in [-0.39, 0.29) is 6.10 Å². The average Bonchev–Trinajstić information content (AvgIpc) is 2.04. The van der Waals surface area contributed by atoms with Gasteiger partial charge in [0.05, 0.1) is 19.3 Å². The first kappa shape index (κ1) is 7.53. The highest BCUT2D eigenvalue weighted by Crippen LogP contribution is 2.25. The highest BCUT2D eigenvalue weighted by Gasteiger charge is 2.34. The van der Waals surface area contributed by atoms with Crippen LogP contribution in [0.1, 0.15) is 12.8 Å². The summed E-state index contributed by atoms with van der Waals surface area (Å²) in [6.07, 6.45) is 2.09. The normalized spacial score (nSPS) is 40.1.